The topological polar surface area (TPSA) is 49.4 Å². The molecule has 102 valence electrons. The largest absolute Gasteiger partial charge is 0.345 e. The molecular weight excluding hydrogens is 240 g/mol. The van der Waals surface area contributed by atoms with Gasteiger partial charge in [-0.1, -0.05) is 31.0 Å². The van der Waals surface area contributed by atoms with Crippen LogP contribution in [0, 0.1) is 0 Å². The van der Waals surface area contributed by atoms with Gasteiger partial charge in [0.2, 0.25) is 0 Å². The Morgan fingerprint density at radius 1 is 1.21 bits per heavy atom. The molecule has 4 heteroatoms. The summed E-state index contributed by atoms with van der Waals surface area (Å²) in [6, 6.07) is 9.46. The van der Waals surface area contributed by atoms with Crippen molar-refractivity contribution in [2.24, 2.45) is 0 Å². The molecule has 0 aromatic heterocycles. The van der Waals surface area contributed by atoms with Gasteiger partial charge >= 0.3 is 11.8 Å². The Labute approximate surface area is 113 Å². The summed E-state index contributed by atoms with van der Waals surface area (Å²) in [6.45, 7) is 2.36. The number of carbonyl (C=O) groups excluding carboxylic acids is 2. The van der Waals surface area contributed by atoms with E-state index in [0.717, 1.165) is 31.4 Å². The third-order valence-corrected chi connectivity index (χ3v) is 3.51. The number of hydrogen-bond donors (Lipinski definition) is 1. The van der Waals surface area contributed by atoms with Crippen LogP contribution < -0.4 is 10.2 Å². The van der Waals surface area contributed by atoms with Gasteiger partial charge in [-0.3, -0.25) is 9.59 Å². The van der Waals surface area contributed by atoms with Crippen LogP contribution in [0.3, 0.4) is 0 Å². The molecule has 1 aromatic carbocycles. The zero-order valence-electron chi connectivity index (χ0n) is 11.3. The maximum Gasteiger partial charge on any atom is 0.316 e. The maximum absolute atomic E-state index is 12.2. The fourth-order valence-electron chi connectivity index (χ4n) is 2.49. The number of carbonyl (C=O) groups is 2. The standard InChI is InChI=1S/C15H20N2O2/c1-2-17(13-10-4-3-5-11-13)15(19)14(18)16-12-8-6-7-9-12/h3-5,10-12H,2,6-9H2,1H3,(H,16,18). The van der Waals surface area contributed by atoms with Crippen LogP contribution in [0.4, 0.5) is 5.69 Å². The summed E-state index contributed by atoms with van der Waals surface area (Å²) < 4.78 is 0. The van der Waals surface area contributed by atoms with Gasteiger partial charge in [-0.15, -0.1) is 0 Å². The van der Waals surface area contributed by atoms with Crippen LogP contribution in [0.2, 0.25) is 0 Å². The smallest absolute Gasteiger partial charge is 0.316 e. The quantitative estimate of drug-likeness (QED) is 0.846. The highest BCUT2D eigenvalue weighted by atomic mass is 16.2. The highest BCUT2D eigenvalue weighted by Gasteiger charge is 2.25. The number of rotatable bonds is 3. The molecule has 1 aromatic rings. The molecule has 2 amide bonds. The fourth-order valence-corrected chi connectivity index (χ4v) is 2.49. The summed E-state index contributed by atoms with van der Waals surface area (Å²) in [6.07, 6.45) is 4.23. The highest BCUT2D eigenvalue weighted by molar-refractivity contribution is 6.40. The van der Waals surface area contributed by atoms with Crippen LogP contribution in [0.25, 0.3) is 0 Å². The van der Waals surface area contributed by atoms with Gasteiger partial charge in [0.15, 0.2) is 0 Å². The van der Waals surface area contributed by atoms with Crippen LogP contribution in [0.15, 0.2) is 30.3 Å². The van der Waals surface area contributed by atoms with E-state index in [2.05, 4.69) is 5.32 Å². The van der Waals surface area contributed by atoms with E-state index in [4.69, 9.17) is 0 Å². The van der Waals surface area contributed by atoms with Crippen LogP contribution in [-0.4, -0.2) is 24.4 Å². The SMILES string of the molecule is CCN(C(=O)C(=O)NC1CCCC1)c1ccccc1. The van der Waals surface area contributed by atoms with Gasteiger partial charge in [0.05, 0.1) is 0 Å². The summed E-state index contributed by atoms with van der Waals surface area (Å²) >= 11 is 0. The molecular formula is C15H20N2O2. The monoisotopic (exact) mass is 260 g/mol. The van der Waals surface area contributed by atoms with Crippen molar-refractivity contribution in [2.45, 2.75) is 38.6 Å². The lowest BCUT2D eigenvalue weighted by Gasteiger charge is -2.21. The number of benzene rings is 1. The molecule has 0 aliphatic heterocycles. The molecule has 1 saturated carbocycles. The molecule has 1 aliphatic carbocycles. The summed E-state index contributed by atoms with van der Waals surface area (Å²) in [4.78, 5) is 25.7. The minimum atomic E-state index is -0.488. The molecule has 0 atom stereocenters. The van der Waals surface area contributed by atoms with Crippen molar-refractivity contribution in [3.8, 4) is 0 Å². The Hall–Kier alpha value is -1.84. The molecule has 0 saturated heterocycles. The lowest BCUT2D eigenvalue weighted by molar-refractivity contribution is -0.138. The van der Waals surface area contributed by atoms with Crippen molar-refractivity contribution in [3.63, 3.8) is 0 Å². The summed E-state index contributed by atoms with van der Waals surface area (Å²) in [5, 5.41) is 2.83. The van der Waals surface area contributed by atoms with Gasteiger partial charge in [0, 0.05) is 18.3 Å². The van der Waals surface area contributed by atoms with E-state index in [1.165, 1.54) is 4.90 Å². The van der Waals surface area contributed by atoms with E-state index in [-0.39, 0.29) is 6.04 Å². The minimum Gasteiger partial charge on any atom is -0.345 e. The number of anilines is 1. The first kappa shape index (κ1) is 13.6. The fraction of sp³-hybridized carbons (Fsp3) is 0.467. The van der Waals surface area contributed by atoms with E-state index in [1.807, 2.05) is 37.3 Å². The number of likely N-dealkylation sites (N-methyl/N-ethyl adjacent to an activating group) is 1. The Balaban J connectivity index is 2.01. The number of amides is 2. The Bertz CT molecular complexity index is 439. The van der Waals surface area contributed by atoms with Crippen molar-refractivity contribution >= 4 is 17.5 Å². The predicted octanol–water partition coefficient (Wildman–Crippen LogP) is 2.10. The summed E-state index contributed by atoms with van der Waals surface area (Å²) in [5.74, 6) is -0.960. The first-order valence-corrected chi connectivity index (χ1v) is 6.89. The molecule has 1 fully saturated rings. The van der Waals surface area contributed by atoms with Gasteiger partial charge in [-0.2, -0.15) is 0 Å². The normalized spacial score (nSPS) is 15.2. The first-order valence-electron chi connectivity index (χ1n) is 6.89. The zero-order chi connectivity index (χ0) is 13.7. The van der Waals surface area contributed by atoms with Crippen molar-refractivity contribution in [1.82, 2.24) is 5.32 Å². The molecule has 2 rings (SSSR count). The van der Waals surface area contributed by atoms with E-state index in [0.29, 0.717) is 6.54 Å². The molecule has 0 unspecified atom stereocenters. The number of hydrogen-bond acceptors (Lipinski definition) is 2. The lowest BCUT2D eigenvalue weighted by atomic mass is 10.2. The predicted molar refractivity (Wildman–Crippen MR) is 74.9 cm³/mol. The highest BCUT2D eigenvalue weighted by Crippen LogP contribution is 2.18. The third kappa shape index (κ3) is 3.34. The first-order chi connectivity index (χ1) is 9.22. The van der Waals surface area contributed by atoms with Gasteiger partial charge in [-0.05, 0) is 31.9 Å². The van der Waals surface area contributed by atoms with Gasteiger partial charge in [-0.25, -0.2) is 0 Å². The average molecular weight is 260 g/mol. The second-order valence-corrected chi connectivity index (χ2v) is 4.84. The van der Waals surface area contributed by atoms with Crippen LogP contribution >= 0.6 is 0 Å². The number of nitrogens with one attached hydrogen (secondary N) is 1. The third-order valence-electron chi connectivity index (χ3n) is 3.51. The number of nitrogens with zero attached hydrogens (tertiary/aromatic N) is 1. The molecule has 19 heavy (non-hydrogen) atoms. The maximum atomic E-state index is 12.2. The van der Waals surface area contributed by atoms with Crippen molar-refractivity contribution in [2.75, 3.05) is 11.4 Å². The average Bonchev–Trinajstić information content (AvgIpc) is 2.93. The van der Waals surface area contributed by atoms with E-state index in [9.17, 15) is 9.59 Å². The molecule has 1 aliphatic rings. The van der Waals surface area contributed by atoms with Crippen LogP contribution in [0.5, 0.6) is 0 Å². The molecule has 0 heterocycles. The second-order valence-electron chi connectivity index (χ2n) is 4.84. The minimum absolute atomic E-state index is 0.172. The van der Waals surface area contributed by atoms with Crippen molar-refractivity contribution in [1.29, 1.82) is 0 Å². The Morgan fingerprint density at radius 2 is 1.84 bits per heavy atom. The second kappa shape index (κ2) is 6.36. The summed E-state index contributed by atoms with van der Waals surface area (Å²) in [7, 11) is 0. The molecule has 0 spiro atoms. The summed E-state index contributed by atoms with van der Waals surface area (Å²) in [5.41, 5.74) is 0.761. The molecule has 0 radical (unpaired) electrons. The van der Waals surface area contributed by atoms with Crippen molar-refractivity contribution < 1.29 is 9.59 Å². The van der Waals surface area contributed by atoms with E-state index < -0.39 is 11.8 Å². The van der Waals surface area contributed by atoms with Crippen LogP contribution in [-0.2, 0) is 9.59 Å². The Morgan fingerprint density at radius 3 is 2.42 bits per heavy atom. The van der Waals surface area contributed by atoms with E-state index >= 15 is 0 Å². The molecule has 1 N–H and O–H groups in total. The zero-order valence-corrected chi connectivity index (χ0v) is 11.3. The lowest BCUT2D eigenvalue weighted by Crippen LogP contribution is -2.46. The number of para-hydroxylation sites is 1. The van der Waals surface area contributed by atoms with Crippen LogP contribution in [0.1, 0.15) is 32.6 Å². The Kier molecular flexibility index (Phi) is 4.55. The van der Waals surface area contributed by atoms with Crippen molar-refractivity contribution in [3.05, 3.63) is 30.3 Å². The molecule has 4 nitrogen and oxygen atoms in total. The van der Waals surface area contributed by atoms with E-state index in [1.54, 1.807) is 0 Å². The van der Waals surface area contributed by atoms with Gasteiger partial charge in [0.1, 0.15) is 0 Å². The van der Waals surface area contributed by atoms with Gasteiger partial charge in [0.25, 0.3) is 0 Å². The van der Waals surface area contributed by atoms with Gasteiger partial charge < -0.3 is 10.2 Å². The molecule has 0 bridgehead atoms.